The van der Waals surface area contributed by atoms with E-state index in [0.717, 1.165) is 56.8 Å². The van der Waals surface area contributed by atoms with Crippen LogP contribution in [-0.2, 0) is 6.42 Å². The number of aliphatic hydroxyl groups is 1. The van der Waals surface area contributed by atoms with Crippen molar-refractivity contribution >= 4 is 17.3 Å². The Hall–Kier alpha value is -1.14. The van der Waals surface area contributed by atoms with Gasteiger partial charge in [0.25, 0.3) is 0 Å². The number of nitrogens with one attached hydrogen (secondary N) is 2. The lowest BCUT2D eigenvalue weighted by molar-refractivity contribution is 0.120. The molecule has 5 nitrogen and oxygen atoms in total. The number of thiazole rings is 1. The van der Waals surface area contributed by atoms with Crippen LogP contribution in [0.25, 0.3) is 0 Å². The van der Waals surface area contributed by atoms with Crippen molar-refractivity contribution in [1.82, 2.24) is 15.6 Å². The molecule has 0 bridgehead atoms. The number of aliphatic imine (C=N–C) groups is 1. The smallest absolute Gasteiger partial charge is 0.191 e. The van der Waals surface area contributed by atoms with Crippen molar-refractivity contribution in [3.8, 4) is 0 Å². The van der Waals surface area contributed by atoms with Crippen molar-refractivity contribution in [2.24, 2.45) is 4.99 Å². The Morgan fingerprint density at radius 3 is 2.74 bits per heavy atom. The maximum Gasteiger partial charge on any atom is 0.191 e. The van der Waals surface area contributed by atoms with E-state index >= 15 is 0 Å². The normalized spacial score (nSPS) is 22.4. The number of nitrogens with zero attached hydrogens (tertiary/aromatic N) is 2. The van der Waals surface area contributed by atoms with E-state index in [0.29, 0.717) is 12.0 Å². The molecule has 0 spiro atoms. The lowest BCUT2D eigenvalue weighted by Gasteiger charge is -2.27. The summed E-state index contributed by atoms with van der Waals surface area (Å²) in [5.41, 5.74) is 1.14. The quantitative estimate of drug-likeness (QED) is 0.551. The first-order valence-corrected chi connectivity index (χ1v) is 9.63. The number of hydrogen-bond donors (Lipinski definition) is 3. The van der Waals surface area contributed by atoms with Crippen LogP contribution in [0, 0.1) is 0 Å². The maximum atomic E-state index is 9.59. The summed E-state index contributed by atoms with van der Waals surface area (Å²) in [7, 11) is 0. The zero-order valence-corrected chi connectivity index (χ0v) is 15.3. The van der Waals surface area contributed by atoms with Gasteiger partial charge in [-0.25, -0.2) is 4.98 Å². The zero-order chi connectivity index (χ0) is 16.7. The number of hydrogen-bond acceptors (Lipinski definition) is 4. The summed E-state index contributed by atoms with van der Waals surface area (Å²) in [4.78, 5) is 9.33. The minimum Gasteiger partial charge on any atom is -0.393 e. The molecule has 1 heterocycles. The lowest BCUT2D eigenvalue weighted by Crippen LogP contribution is -2.45. The Kier molecular flexibility index (Phi) is 7.30. The summed E-state index contributed by atoms with van der Waals surface area (Å²) >= 11 is 1.74. The van der Waals surface area contributed by atoms with Gasteiger partial charge in [0.15, 0.2) is 5.96 Å². The Balaban J connectivity index is 1.82. The molecule has 0 aromatic carbocycles. The summed E-state index contributed by atoms with van der Waals surface area (Å²) in [6.45, 7) is 8.03. The van der Waals surface area contributed by atoms with E-state index in [1.54, 1.807) is 11.3 Å². The Labute approximate surface area is 143 Å². The van der Waals surface area contributed by atoms with Crippen molar-refractivity contribution in [3.05, 3.63) is 16.1 Å². The third-order valence-corrected chi connectivity index (χ3v) is 5.28. The van der Waals surface area contributed by atoms with Gasteiger partial charge in [-0.05, 0) is 32.6 Å². The van der Waals surface area contributed by atoms with E-state index in [-0.39, 0.29) is 6.10 Å². The second kappa shape index (κ2) is 9.23. The molecule has 0 amide bonds. The molecule has 0 aliphatic heterocycles. The molecule has 1 saturated carbocycles. The Morgan fingerprint density at radius 2 is 2.13 bits per heavy atom. The van der Waals surface area contributed by atoms with Gasteiger partial charge in [-0.2, -0.15) is 0 Å². The van der Waals surface area contributed by atoms with Crippen LogP contribution in [0.4, 0.5) is 0 Å². The molecule has 130 valence electrons. The average Bonchev–Trinajstić information content (AvgIpc) is 2.99. The predicted molar refractivity (Wildman–Crippen MR) is 97.3 cm³/mol. The number of aliphatic hydroxyl groups excluding tert-OH is 1. The van der Waals surface area contributed by atoms with Gasteiger partial charge in [0, 0.05) is 36.9 Å². The van der Waals surface area contributed by atoms with Gasteiger partial charge in [0.1, 0.15) is 0 Å². The monoisotopic (exact) mass is 338 g/mol. The largest absolute Gasteiger partial charge is 0.393 e. The molecule has 1 aromatic rings. The SMILES string of the molecule is CCNC(=NCCc1csc(C(C)C)n1)NC1CCC(O)CC1. The van der Waals surface area contributed by atoms with E-state index in [4.69, 9.17) is 0 Å². The number of aromatic nitrogens is 1. The van der Waals surface area contributed by atoms with Crippen LogP contribution in [-0.4, -0.2) is 41.3 Å². The Bertz CT molecular complexity index is 493. The van der Waals surface area contributed by atoms with Crippen molar-refractivity contribution in [3.63, 3.8) is 0 Å². The number of guanidine groups is 1. The Morgan fingerprint density at radius 1 is 1.39 bits per heavy atom. The molecule has 1 fully saturated rings. The molecular weight excluding hydrogens is 308 g/mol. The van der Waals surface area contributed by atoms with Gasteiger partial charge in [-0.15, -0.1) is 11.3 Å². The van der Waals surface area contributed by atoms with Crippen LogP contribution in [0.1, 0.15) is 63.1 Å². The zero-order valence-electron chi connectivity index (χ0n) is 14.5. The molecule has 0 unspecified atom stereocenters. The maximum absolute atomic E-state index is 9.59. The van der Waals surface area contributed by atoms with Crippen molar-refractivity contribution < 1.29 is 5.11 Å². The lowest BCUT2D eigenvalue weighted by atomic mass is 9.93. The van der Waals surface area contributed by atoms with E-state index in [2.05, 4.69) is 46.8 Å². The average molecular weight is 339 g/mol. The topological polar surface area (TPSA) is 69.5 Å². The molecule has 1 aromatic heterocycles. The summed E-state index contributed by atoms with van der Waals surface area (Å²) in [6.07, 6.45) is 4.54. The summed E-state index contributed by atoms with van der Waals surface area (Å²) in [5, 5.41) is 19.7. The van der Waals surface area contributed by atoms with Crippen molar-refractivity contribution in [2.75, 3.05) is 13.1 Å². The molecular formula is C17H30N4OS. The summed E-state index contributed by atoms with van der Waals surface area (Å²) in [5.74, 6) is 1.38. The fraction of sp³-hybridized carbons (Fsp3) is 0.765. The van der Waals surface area contributed by atoms with E-state index < -0.39 is 0 Å². The molecule has 0 atom stereocenters. The van der Waals surface area contributed by atoms with Crippen LogP contribution in [0.3, 0.4) is 0 Å². The third-order valence-electron chi connectivity index (χ3n) is 4.08. The first-order chi connectivity index (χ1) is 11.1. The highest BCUT2D eigenvalue weighted by Gasteiger charge is 2.19. The van der Waals surface area contributed by atoms with Gasteiger partial charge >= 0.3 is 0 Å². The summed E-state index contributed by atoms with van der Waals surface area (Å²) in [6, 6.07) is 0.419. The first kappa shape index (κ1) is 18.2. The molecule has 2 rings (SSSR count). The standard InChI is InChI=1S/C17H30N4OS/c1-4-18-17(21-13-5-7-15(22)8-6-13)19-10-9-14-11-23-16(20-14)12(2)3/h11-13,15,22H,4-10H2,1-3H3,(H2,18,19,21). The van der Waals surface area contributed by atoms with Crippen LogP contribution >= 0.6 is 11.3 Å². The highest BCUT2D eigenvalue weighted by Crippen LogP contribution is 2.19. The van der Waals surface area contributed by atoms with Gasteiger partial charge in [-0.1, -0.05) is 13.8 Å². The molecule has 1 aliphatic rings. The highest BCUT2D eigenvalue weighted by atomic mass is 32.1. The molecule has 0 radical (unpaired) electrons. The van der Waals surface area contributed by atoms with Crippen LogP contribution in [0.15, 0.2) is 10.4 Å². The molecule has 6 heteroatoms. The molecule has 0 saturated heterocycles. The van der Waals surface area contributed by atoms with Gasteiger partial charge in [-0.3, -0.25) is 4.99 Å². The van der Waals surface area contributed by atoms with Gasteiger partial charge < -0.3 is 15.7 Å². The molecule has 1 aliphatic carbocycles. The van der Waals surface area contributed by atoms with E-state index in [1.807, 2.05) is 0 Å². The fourth-order valence-electron chi connectivity index (χ4n) is 2.72. The minimum atomic E-state index is -0.118. The van der Waals surface area contributed by atoms with Crippen LogP contribution < -0.4 is 10.6 Å². The first-order valence-electron chi connectivity index (χ1n) is 8.75. The second-order valence-electron chi connectivity index (χ2n) is 6.49. The van der Waals surface area contributed by atoms with Crippen molar-refractivity contribution in [1.29, 1.82) is 0 Å². The van der Waals surface area contributed by atoms with E-state index in [9.17, 15) is 5.11 Å². The second-order valence-corrected chi connectivity index (χ2v) is 7.38. The van der Waals surface area contributed by atoms with E-state index in [1.165, 1.54) is 5.01 Å². The minimum absolute atomic E-state index is 0.118. The van der Waals surface area contributed by atoms with Gasteiger partial charge in [0.05, 0.1) is 16.8 Å². The third kappa shape index (κ3) is 6.11. The van der Waals surface area contributed by atoms with Crippen LogP contribution in [0.5, 0.6) is 0 Å². The van der Waals surface area contributed by atoms with Crippen molar-refractivity contribution in [2.45, 2.75) is 70.9 Å². The van der Waals surface area contributed by atoms with Gasteiger partial charge in [0.2, 0.25) is 0 Å². The van der Waals surface area contributed by atoms with Crippen LogP contribution in [0.2, 0.25) is 0 Å². The highest BCUT2D eigenvalue weighted by molar-refractivity contribution is 7.09. The molecule has 3 N–H and O–H groups in total. The summed E-state index contributed by atoms with van der Waals surface area (Å²) < 4.78 is 0. The molecule has 23 heavy (non-hydrogen) atoms. The fourth-order valence-corrected chi connectivity index (χ4v) is 3.59. The predicted octanol–water partition coefficient (Wildman–Crippen LogP) is 2.67. The number of rotatable bonds is 6.